The standard InChI is InChI=1S/C27H37NO5/c1-19-15-16-27(5,31)24(32-22(4)29)14-13-21(3)26(33-25(30)18-19)20(2)10-6-7-11-23-12-8-9-17-28-23/h6-10,12-14,17,19,21,24,26,31H,11,15-16,18H2,1-5H3/b7-6+,14-13+,20-10+/t19-,21+,24+,26-,27-/m1/s1. The van der Waals surface area contributed by atoms with Gasteiger partial charge in [0.25, 0.3) is 0 Å². The molecule has 0 bridgehead atoms. The van der Waals surface area contributed by atoms with Crippen molar-refractivity contribution in [2.24, 2.45) is 11.8 Å². The zero-order chi connectivity index (χ0) is 24.4. The second kappa shape index (κ2) is 12.5. The molecule has 6 nitrogen and oxygen atoms in total. The molecule has 2 rings (SSSR count). The third-order valence-electron chi connectivity index (χ3n) is 5.89. The molecular formula is C27H37NO5. The molecular weight excluding hydrogens is 418 g/mol. The summed E-state index contributed by atoms with van der Waals surface area (Å²) in [4.78, 5) is 28.6. The summed E-state index contributed by atoms with van der Waals surface area (Å²) in [6.45, 7) is 8.84. The van der Waals surface area contributed by atoms with Crippen LogP contribution in [0.25, 0.3) is 0 Å². The van der Waals surface area contributed by atoms with Crippen LogP contribution in [0.1, 0.15) is 59.6 Å². The number of ether oxygens (including phenoxy) is 2. The number of hydrogen-bond acceptors (Lipinski definition) is 6. The maximum atomic E-state index is 12.6. The fourth-order valence-corrected chi connectivity index (χ4v) is 3.82. The van der Waals surface area contributed by atoms with E-state index in [2.05, 4.69) is 4.98 Å². The smallest absolute Gasteiger partial charge is 0.306 e. The van der Waals surface area contributed by atoms with Gasteiger partial charge in [0.2, 0.25) is 0 Å². The van der Waals surface area contributed by atoms with Crippen LogP contribution in [0, 0.1) is 11.8 Å². The summed E-state index contributed by atoms with van der Waals surface area (Å²) in [6, 6.07) is 5.81. The van der Waals surface area contributed by atoms with E-state index in [0.29, 0.717) is 19.3 Å². The number of aliphatic hydroxyl groups is 1. The number of cyclic esters (lactones) is 1. The number of rotatable bonds is 5. The first-order chi connectivity index (χ1) is 15.6. The summed E-state index contributed by atoms with van der Waals surface area (Å²) in [5.41, 5.74) is 0.651. The zero-order valence-electron chi connectivity index (χ0n) is 20.4. The molecule has 1 aliphatic rings. The van der Waals surface area contributed by atoms with Crippen molar-refractivity contribution in [1.82, 2.24) is 4.98 Å². The van der Waals surface area contributed by atoms with Gasteiger partial charge in [-0.15, -0.1) is 0 Å². The van der Waals surface area contributed by atoms with Gasteiger partial charge in [-0.1, -0.05) is 44.2 Å². The molecule has 1 aromatic rings. The van der Waals surface area contributed by atoms with Crippen LogP contribution in [0.2, 0.25) is 0 Å². The molecule has 5 atom stereocenters. The Labute approximate surface area is 197 Å². The third kappa shape index (κ3) is 8.97. The monoisotopic (exact) mass is 455 g/mol. The predicted octanol–water partition coefficient (Wildman–Crippen LogP) is 4.73. The Balaban J connectivity index is 2.25. The molecule has 0 aliphatic carbocycles. The van der Waals surface area contributed by atoms with Gasteiger partial charge in [0.1, 0.15) is 17.8 Å². The van der Waals surface area contributed by atoms with Crippen molar-refractivity contribution >= 4 is 11.9 Å². The fraction of sp³-hybridized carbons (Fsp3) is 0.519. The lowest BCUT2D eigenvalue weighted by Gasteiger charge is -2.32. The second-order valence-electron chi connectivity index (χ2n) is 9.25. The molecule has 2 heterocycles. The number of pyridine rings is 1. The van der Waals surface area contributed by atoms with E-state index >= 15 is 0 Å². The van der Waals surface area contributed by atoms with Crippen LogP contribution < -0.4 is 0 Å². The van der Waals surface area contributed by atoms with Crippen LogP contribution in [0.3, 0.4) is 0 Å². The van der Waals surface area contributed by atoms with E-state index < -0.39 is 23.8 Å². The number of aromatic nitrogens is 1. The van der Waals surface area contributed by atoms with E-state index in [-0.39, 0.29) is 24.2 Å². The minimum atomic E-state index is -1.23. The number of esters is 2. The number of nitrogens with zero attached hydrogens (tertiary/aromatic N) is 1. The highest BCUT2D eigenvalue weighted by atomic mass is 16.6. The van der Waals surface area contributed by atoms with Crippen LogP contribution in [-0.2, 0) is 25.5 Å². The number of hydrogen-bond donors (Lipinski definition) is 1. The van der Waals surface area contributed by atoms with Crippen molar-refractivity contribution in [3.05, 3.63) is 66.0 Å². The fourth-order valence-electron chi connectivity index (χ4n) is 3.82. The maximum absolute atomic E-state index is 12.6. The summed E-state index contributed by atoms with van der Waals surface area (Å²) >= 11 is 0. The van der Waals surface area contributed by atoms with Gasteiger partial charge in [-0.25, -0.2) is 0 Å². The van der Waals surface area contributed by atoms with Crippen molar-refractivity contribution < 1.29 is 24.2 Å². The number of carbonyl (C=O) groups excluding carboxylic acids is 2. The molecule has 33 heavy (non-hydrogen) atoms. The molecule has 1 aliphatic heterocycles. The summed E-state index contributed by atoms with van der Waals surface area (Å²) in [7, 11) is 0. The second-order valence-corrected chi connectivity index (χ2v) is 9.25. The zero-order valence-corrected chi connectivity index (χ0v) is 20.4. The van der Waals surface area contributed by atoms with Gasteiger partial charge in [0.15, 0.2) is 0 Å². The van der Waals surface area contributed by atoms with Gasteiger partial charge in [-0.05, 0) is 56.4 Å². The van der Waals surface area contributed by atoms with Crippen LogP contribution in [0.4, 0.5) is 0 Å². The molecule has 1 aromatic heterocycles. The van der Waals surface area contributed by atoms with Gasteiger partial charge < -0.3 is 14.6 Å². The lowest BCUT2D eigenvalue weighted by Crippen LogP contribution is -2.41. The van der Waals surface area contributed by atoms with E-state index in [1.165, 1.54) is 6.92 Å². The molecule has 0 amide bonds. The highest BCUT2D eigenvalue weighted by Gasteiger charge is 2.34. The number of carbonyl (C=O) groups is 2. The van der Waals surface area contributed by atoms with Crippen molar-refractivity contribution in [3.63, 3.8) is 0 Å². The summed E-state index contributed by atoms with van der Waals surface area (Å²) in [6.07, 6.45) is 12.0. The average molecular weight is 456 g/mol. The Morgan fingerprint density at radius 1 is 1.30 bits per heavy atom. The topological polar surface area (TPSA) is 85.7 Å². The van der Waals surface area contributed by atoms with Gasteiger partial charge in [-0.3, -0.25) is 14.6 Å². The number of allylic oxidation sites excluding steroid dienone is 3. The predicted molar refractivity (Wildman–Crippen MR) is 128 cm³/mol. The maximum Gasteiger partial charge on any atom is 0.306 e. The molecule has 0 saturated carbocycles. The van der Waals surface area contributed by atoms with Crippen molar-refractivity contribution in [1.29, 1.82) is 0 Å². The Kier molecular flexibility index (Phi) is 10.0. The molecule has 0 saturated heterocycles. The van der Waals surface area contributed by atoms with Crippen molar-refractivity contribution in [2.45, 2.75) is 78.1 Å². The Morgan fingerprint density at radius 3 is 2.73 bits per heavy atom. The van der Waals surface area contributed by atoms with E-state index in [1.54, 1.807) is 19.2 Å². The summed E-state index contributed by atoms with van der Waals surface area (Å²) in [5.74, 6) is -0.855. The first-order valence-corrected chi connectivity index (χ1v) is 11.6. The highest BCUT2D eigenvalue weighted by Crippen LogP contribution is 2.28. The molecule has 0 radical (unpaired) electrons. The minimum Gasteiger partial charge on any atom is -0.457 e. The first-order valence-electron chi connectivity index (χ1n) is 11.6. The van der Waals surface area contributed by atoms with E-state index in [0.717, 1.165) is 11.3 Å². The van der Waals surface area contributed by atoms with Crippen molar-refractivity contribution in [3.8, 4) is 0 Å². The summed E-state index contributed by atoms with van der Waals surface area (Å²) in [5, 5.41) is 11.0. The molecule has 1 N–H and O–H groups in total. The van der Waals surface area contributed by atoms with Crippen LogP contribution in [0.5, 0.6) is 0 Å². The highest BCUT2D eigenvalue weighted by molar-refractivity contribution is 5.70. The lowest BCUT2D eigenvalue weighted by atomic mass is 9.87. The molecule has 0 aromatic carbocycles. The summed E-state index contributed by atoms with van der Waals surface area (Å²) < 4.78 is 11.3. The molecule has 0 fully saturated rings. The molecule has 0 spiro atoms. The van der Waals surface area contributed by atoms with Crippen LogP contribution in [0.15, 0.2) is 60.3 Å². The van der Waals surface area contributed by atoms with Crippen molar-refractivity contribution in [2.75, 3.05) is 0 Å². The SMILES string of the molecule is CC(=O)O[C@H]1/C=C/[C@H](C)[C@@H](/C(C)=C/C=C/Cc2ccccn2)OC(=O)C[C@H](C)CC[C@@]1(C)O. The van der Waals surface area contributed by atoms with Crippen LogP contribution >= 0.6 is 0 Å². The normalized spacial score (nSPS) is 30.7. The van der Waals surface area contributed by atoms with Crippen LogP contribution in [-0.4, -0.2) is 39.8 Å². The minimum absolute atomic E-state index is 0.0314. The third-order valence-corrected chi connectivity index (χ3v) is 5.89. The molecule has 6 heteroatoms. The largest absolute Gasteiger partial charge is 0.457 e. The average Bonchev–Trinajstić information content (AvgIpc) is 2.76. The van der Waals surface area contributed by atoms with E-state index in [9.17, 15) is 14.7 Å². The van der Waals surface area contributed by atoms with Gasteiger partial charge in [-0.2, -0.15) is 0 Å². The van der Waals surface area contributed by atoms with E-state index in [4.69, 9.17) is 9.47 Å². The molecule has 0 unspecified atom stereocenters. The van der Waals surface area contributed by atoms with Gasteiger partial charge in [0.05, 0.1) is 0 Å². The lowest BCUT2D eigenvalue weighted by molar-refractivity contribution is -0.156. The van der Waals surface area contributed by atoms with Gasteiger partial charge in [0, 0.05) is 37.6 Å². The first kappa shape index (κ1) is 26.5. The Hall–Kier alpha value is -2.73. The Bertz CT molecular complexity index is 872. The van der Waals surface area contributed by atoms with Gasteiger partial charge >= 0.3 is 11.9 Å². The molecule has 180 valence electrons. The Morgan fingerprint density at radius 2 is 2.06 bits per heavy atom. The quantitative estimate of drug-likeness (QED) is 0.392. The van der Waals surface area contributed by atoms with E-state index in [1.807, 2.05) is 63.3 Å².